The molecule has 4 N–H and O–H groups in total. The molecule has 1 fully saturated rings. The summed E-state index contributed by atoms with van der Waals surface area (Å²) in [5.74, 6) is -1.52. The summed E-state index contributed by atoms with van der Waals surface area (Å²) >= 11 is 1.29. The van der Waals surface area contributed by atoms with Crippen LogP contribution in [0.4, 0.5) is 0 Å². The molecule has 0 spiro atoms. The highest BCUT2D eigenvalue weighted by Gasteiger charge is 2.42. The van der Waals surface area contributed by atoms with Crippen molar-refractivity contribution in [1.82, 2.24) is 14.9 Å². The van der Waals surface area contributed by atoms with Crippen molar-refractivity contribution in [2.45, 2.75) is 37.4 Å². The van der Waals surface area contributed by atoms with E-state index in [1.165, 1.54) is 16.2 Å². The van der Waals surface area contributed by atoms with Crippen molar-refractivity contribution in [1.29, 1.82) is 5.26 Å². The van der Waals surface area contributed by atoms with Gasteiger partial charge in [-0.05, 0) is 36.1 Å². The molecule has 0 radical (unpaired) electrons. The molecule has 1 aliphatic rings. The Morgan fingerprint density at radius 3 is 2.22 bits per heavy atom. The van der Waals surface area contributed by atoms with Gasteiger partial charge in [-0.3, -0.25) is 9.59 Å². The third kappa shape index (κ3) is 6.61. The highest BCUT2D eigenvalue weighted by Crippen LogP contribution is 2.31. The monoisotopic (exact) mass is 537 g/mol. The minimum atomic E-state index is -4.27. The molecular weight excluding hydrogens is 510 g/mol. The van der Waals surface area contributed by atoms with E-state index in [-0.39, 0.29) is 12.5 Å². The lowest BCUT2D eigenvalue weighted by Gasteiger charge is -2.33. The summed E-state index contributed by atoms with van der Waals surface area (Å²) in [5, 5.41) is 17.2. The highest BCUT2D eigenvalue weighted by molar-refractivity contribution is 7.87. The lowest BCUT2D eigenvalue weighted by atomic mass is 9.84. The maximum Gasteiger partial charge on any atom is 0.275 e. The summed E-state index contributed by atoms with van der Waals surface area (Å²) in [7, 11) is -4.27. The average molecular weight is 538 g/mol. The van der Waals surface area contributed by atoms with Gasteiger partial charge in [0.25, 0.3) is 10.2 Å². The van der Waals surface area contributed by atoms with Crippen molar-refractivity contribution >= 4 is 33.4 Å². The Bertz CT molecular complexity index is 1350. The molecular formula is C26H27N5O4S2. The van der Waals surface area contributed by atoms with E-state index in [9.17, 15) is 18.0 Å². The van der Waals surface area contributed by atoms with Gasteiger partial charge in [0, 0.05) is 17.3 Å². The number of carbonyl (C=O) groups excluding carboxylic acids is 2. The molecule has 2 aromatic carbocycles. The maximum atomic E-state index is 14.0. The molecule has 1 aromatic heterocycles. The summed E-state index contributed by atoms with van der Waals surface area (Å²) in [6.07, 6.45) is 1.06. The van der Waals surface area contributed by atoms with E-state index in [1.54, 1.807) is 12.1 Å². The van der Waals surface area contributed by atoms with E-state index < -0.39 is 34.1 Å². The molecule has 2 atom stereocenters. The van der Waals surface area contributed by atoms with Crippen LogP contribution in [0.25, 0.3) is 0 Å². The third-order valence-electron chi connectivity index (χ3n) is 6.26. The van der Waals surface area contributed by atoms with E-state index in [4.69, 9.17) is 10.4 Å². The zero-order valence-corrected chi connectivity index (χ0v) is 21.5. The van der Waals surface area contributed by atoms with Crippen molar-refractivity contribution in [3.63, 3.8) is 0 Å². The summed E-state index contributed by atoms with van der Waals surface area (Å²) < 4.78 is 26.8. The largest absolute Gasteiger partial charge is 0.349 e. The summed E-state index contributed by atoms with van der Waals surface area (Å²) in [5.41, 5.74) is 1.46. The van der Waals surface area contributed by atoms with Gasteiger partial charge in [-0.15, -0.1) is 11.3 Å². The average Bonchev–Trinajstić information content (AvgIpc) is 3.57. The SMILES string of the molecule is N#Cc1ccc(CNC(=O)[C@@H]2CCCN2C(=O)[C@H](NS(N)(=O)=O)C(c2ccccc2)c2ccccc2)s1. The first-order chi connectivity index (χ1) is 17.8. The number of rotatable bonds is 9. The number of carbonyl (C=O) groups is 2. The van der Waals surface area contributed by atoms with E-state index in [2.05, 4.69) is 16.1 Å². The first-order valence-electron chi connectivity index (χ1n) is 11.7. The van der Waals surface area contributed by atoms with Crippen molar-refractivity contribution in [2.75, 3.05) is 6.54 Å². The zero-order chi connectivity index (χ0) is 26.4. The first-order valence-corrected chi connectivity index (χ1v) is 14.1. The minimum Gasteiger partial charge on any atom is -0.349 e. The number of benzene rings is 2. The summed E-state index contributed by atoms with van der Waals surface area (Å²) in [4.78, 5) is 29.9. The van der Waals surface area contributed by atoms with E-state index in [0.717, 1.165) is 16.0 Å². The van der Waals surface area contributed by atoms with Gasteiger partial charge in [0.15, 0.2) is 0 Å². The van der Waals surface area contributed by atoms with Crippen LogP contribution in [0.5, 0.6) is 0 Å². The number of hydrogen-bond donors (Lipinski definition) is 3. The van der Waals surface area contributed by atoms with Gasteiger partial charge in [0.05, 0.1) is 6.54 Å². The molecule has 0 aliphatic carbocycles. The number of hydrogen-bond acceptors (Lipinski definition) is 6. The third-order valence-corrected chi connectivity index (χ3v) is 7.83. The molecule has 0 unspecified atom stereocenters. The molecule has 192 valence electrons. The van der Waals surface area contributed by atoms with Gasteiger partial charge in [0.1, 0.15) is 23.0 Å². The van der Waals surface area contributed by atoms with E-state index in [1.807, 2.05) is 60.7 Å². The van der Waals surface area contributed by atoms with Gasteiger partial charge < -0.3 is 10.2 Å². The van der Waals surface area contributed by atoms with Gasteiger partial charge in [-0.25, -0.2) is 5.14 Å². The van der Waals surface area contributed by atoms with Crippen LogP contribution in [0.2, 0.25) is 0 Å². The Balaban J connectivity index is 1.62. The first kappa shape index (κ1) is 26.5. The van der Waals surface area contributed by atoms with Gasteiger partial charge in [0.2, 0.25) is 11.8 Å². The van der Waals surface area contributed by atoms with Gasteiger partial charge in [-0.2, -0.15) is 18.4 Å². The van der Waals surface area contributed by atoms with Crippen LogP contribution in [-0.2, 0) is 26.3 Å². The fraction of sp³-hybridized carbons (Fsp3) is 0.269. The van der Waals surface area contributed by atoms with Crippen molar-refractivity contribution in [2.24, 2.45) is 5.14 Å². The second-order valence-corrected chi connectivity index (χ2v) is 11.2. The number of thiophene rings is 1. The number of nitrogens with two attached hydrogens (primary N) is 1. The molecule has 1 saturated heterocycles. The van der Waals surface area contributed by atoms with Crippen molar-refractivity contribution in [3.8, 4) is 6.07 Å². The number of likely N-dealkylation sites (tertiary alicyclic amines) is 1. The number of nitriles is 1. The Kier molecular flexibility index (Phi) is 8.35. The molecule has 0 saturated carbocycles. The van der Waals surface area contributed by atoms with Crippen LogP contribution in [0.15, 0.2) is 72.8 Å². The lowest BCUT2D eigenvalue weighted by molar-refractivity contribution is -0.140. The Morgan fingerprint density at radius 2 is 1.68 bits per heavy atom. The molecule has 0 bridgehead atoms. The number of amides is 2. The predicted octanol–water partition coefficient (Wildman–Crippen LogP) is 2.22. The fourth-order valence-electron chi connectivity index (χ4n) is 4.64. The van der Waals surface area contributed by atoms with Crippen LogP contribution >= 0.6 is 11.3 Å². The molecule has 4 rings (SSSR count). The molecule has 11 heteroatoms. The van der Waals surface area contributed by atoms with E-state index >= 15 is 0 Å². The Labute approximate surface area is 220 Å². The lowest BCUT2D eigenvalue weighted by Crippen LogP contribution is -2.56. The van der Waals surface area contributed by atoms with Crippen LogP contribution in [-0.4, -0.2) is 43.8 Å². The predicted molar refractivity (Wildman–Crippen MR) is 140 cm³/mol. The topological polar surface area (TPSA) is 145 Å². The molecule has 37 heavy (non-hydrogen) atoms. The Hall–Kier alpha value is -3.56. The van der Waals surface area contributed by atoms with Crippen LogP contribution < -0.4 is 15.2 Å². The summed E-state index contributed by atoms with van der Waals surface area (Å²) in [6, 6.07) is 21.8. The van der Waals surface area contributed by atoms with Crippen molar-refractivity contribution in [3.05, 3.63) is 93.7 Å². The van der Waals surface area contributed by atoms with Gasteiger partial charge >= 0.3 is 0 Å². The highest BCUT2D eigenvalue weighted by atomic mass is 32.2. The molecule has 9 nitrogen and oxygen atoms in total. The molecule has 2 amide bonds. The smallest absolute Gasteiger partial charge is 0.275 e. The van der Waals surface area contributed by atoms with Crippen LogP contribution in [0.3, 0.4) is 0 Å². The summed E-state index contributed by atoms with van der Waals surface area (Å²) in [6.45, 7) is 0.548. The number of nitrogens with zero attached hydrogens (tertiary/aromatic N) is 2. The van der Waals surface area contributed by atoms with Gasteiger partial charge in [-0.1, -0.05) is 60.7 Å². The molecule has 1 aliphatic heterocycles. The minimum absolute atomic E-state index is 0.235. The maximum absolute atomic E-state index is 14.0. The normalized spacial score (nSPS) is 16.4. The second kappa shape index (κ2) is 11.7. The van der Waals surface area contributed by atoms with Crippen molar-refractivity contribution < 1.29 is 18.0 Å². The standard InChI is InChI=1S/C26H27N5O4S2/c27-16-20-13-14-21(36-20)17-29-25(32)22-12-7-15-31(22)26(33)24(30-37(28,34)35)23(18-8-3-1-4-9-18)19-10-5-2-6-11-19/h1-6,8-11,13-14,22-24,30H,7,12,15,17H2,(H,29,32)(H2,28,34,35)/t22-,24+/m0/s1. The molecule has 2 heterocycles. The fourth-order valence-corrected chi connectivity index (χ4v) is 5.98. The quantitative estimate of drug-likeness (QED) is 0.383. The Morgan fingerprint density at radius 1 is 1.05 bits per heavy atom. The number of nitrogens with one attached hydrogen (secondary N) is 2. The van der Waals surface area contributed by atoms with Crippen LogP contribution in [0, 0.1) is 11.3 Å². The van der Waals surface area contributed by atoms with Crippen LogP contribution in [0.1, 0.15) is 39.6 Å². The molecule has 3 aromatic rings. The zero-order valence-electron chi connectivity index (χ0n) is 19.9. The van der Waals surface area contributed by atoms with E-state index in [0.29, 0.717) is 24.3 Å². The second-order valence-electron chi connectivity index (χ2n) is 8.72.